The summed E-state index contributed by atoms with van der Waals surface area (Å²) in [6, 6.07) is 0.146. The van der Waals surface area contributed by atoms with E-state index in [-0.39, 0.29) is 30.0 Å². The van der Waals surface area contributed by atoms with E-state index in [0.29, 0.717) is 13.0 Å². The van der Waals surface area contributed by atoms with Crippen molar-refractivity contribution in [3.8, 4) is 0 Å². The number of aliphatic hydroxyl groups excluding tert-OH is 1. The molecule has 1 fully saturated rings. The van der Waals surface area contributed by atoms with Crippen LogP contribution < -0.4 is 5.73 Å². The van der Waals surface area contributed by atoms with E-state index in [1.807, 2.05) is 4.90 Å². The molecule has 0 spiro atoms. The Morgan fingerprint density at radius 3 is 2.43 bits per heavy atom. The molecule has 0 aromatic carbocycles. The van der Waals surface area contributed by atoms with Crippen LogP contribution in [-0.2, 0) is 4.79 Å². The second-order valence-corrected chi connectivity index (χ2v) is 7.57. The molecular formula is C16H33N3O2. The van der Waals surface area contributed by atoms with Crippen molar-refractivity contribution in [2.75, 3.05) is 33.3 Å². The van der Waals surface area contributed by atoms with E-state index in [4.69, 9.17) is 5.73 Å². The van der Waals surface area contributed by atoms with E-state index in [1.54, 1.807) is 0 Å². The summed E-state index contributed by atoms with van der Waals surface area (Å²) in [5, 5.41) is 9.25. The van der Waals surface area contributed by atoms with E-state index in [0.717, 1.165) is 32.4 Å². The normalized spacial score (nSPS) is 19.5. The van der Waals surface area contributed by atoms with Crippen molar-refractivity contribution in [2.45, 2.75) is 58.5 Å². The predicted octanol–water partition coefficient (Wildman–Crippen LogP) is 1.06. The van der Waals surface area contributed by atoms with Crippen molar-refractivity contribution in [3.63, 3.8) is 0 Å². The van der Waals surface area contributed by atoms with Crippen LogP contribution in [0.3, 0.4) is 0 Å². The minimum absolute atomic E-state index is 0.0204. The van der Waals surface area contributed by atoms with Crippen LogP contribution in [0.1, 0.15) is 46.5 Å². The van der Waals surface area contributed by atoms with Gasteiger partial charge in [-0.2, -0.15) is 0 Å². The molecule has 1 rings (SSSR count). The van der Waals surface area contributed by atoms with Gasteiger partial charge >= 0.3 is 0 Å². The number of carbonyl (C=O) groups excluding carboxylic acids is 1. The average molecular weight is 299 g/mol. The molecule has 0 radical (unpaired) electrons. The largest absolute Gasteiger partial charge is 0.395 e. The first-order valence-electron chi connectivity index (χ1n) is 8.07. The molecule has 0 aromatic heterocycles. The highest BCUT2D eigenvalue weighted by atomic mass is 16.3. The van der Waals surface area contributed by atoms with E-state index in [1.165, 1.54) is 0 Å². The Hall–Kier alpha value is -0.650. The van der Waals surface area contributed by atoms with Crippen molar-refractivity contribution in [1.82, 2.24) is 9.80 Å². The molecule has 1 unspecified atom stereocenters. The first kappa shape index (κ1) is 18.4. The molecule has 1 heterocycles. The van der Waals surface area contributed by atoms with E-state index < -0.39 is 0 Å². The van der Waals surface area contributed by atoms with Gasteiger partial charge < -0.3 is 20.6 Å². The van der Waals surface area contributed by atoms with Crippen LogP contribution in [0.15, 0.2) is 0 Å². The van der Waals surface area contributed by atoms with Crippen LogP contribution >= 0.6 is 0 Å². The van der Waals surface area contributed by atoms with Gasteiger partial charge in [-0.15, -0.1) is 0 Å². The van der Waals surface area contributed by atoms with Gasteiger partial charge in [0, 0.05) is 25.0 Å². The van der Waals surface area contributed by atoms with Gasteiger partial charge in [-0.1, -0.05) is 20.8 Å². The number of nitrogens with zero attached hydrogens (tertiary/aromatic N) is 2. The molecule has 124 valence electrons. The van der Waals surface area contributed by atoms with Gasteiger partial charge in [-0.25, -0.2) is 0 Å². The Morgan fingerprint density at radius 1 is 1.38 bits per heavy atom. The second-order valence-electron chi connectivity index (χ2n) is 7.57. The van der Waals surface area contributed by atoms with Crippen molar-refractivity contribution in [3.05, 3.63) is 0 Å². The minimum atomic E-state index is -0.107. The third-order valence-electron chi connectivity index (χ3n) is 4.10. The molecule has 1 aliphatic rings. The molecular weight excluding hydrogens is 266 g/mol. The molecule has 0 bridgehead atoms. The summed E-state index contributed by atoms with van der Waals surface area (Å²) in [6.07, 6.45) is 3.18. The van der Waals surface area contributed by atoms with Gasteiger partial charge in [0.1, 0.15) is 0 Å². The van der Waals surface area contributed by atoms with E-state index in [9.17, 15) is 9.90 Å². The Kier molecular flexibility index (Phi) is 7.10. The zero-order valence-electron chi connectivity index (χ0n) is 14.1. The van der Waals surface area contributed by atoms with E-state index in [2.05, 4.69) is 32.7 Å². The topological polar surface area (TPSA) is 69.8 Å². The highest BCUT2D eigenvalue weighted by Gasteiger charge is 2.28. The van der Waals surface area contributed by atoms with Crippen LogP contribution in [0.5, 0.6) is 0 Å². The molecule has 1 amide bonds. The maximum Gasteiger partial charge on any atom is 0.224 e. The number of hydrogen-bond donors (Lipinski definition) is 2. The summed E-state index contributed by atoms with van der Waals surface area (Å²) in [6.45, 7) is 8.88. The summed E-state index contributed by atoms with van der Waals surface area (Å²) in [7, 11) is 2.10. The maximum atomic E-state index is 12.5. The van der Waals surface area contributed by atoms with Crippen molar-refractivity contribution in [1.29, 1.82) is 0 Å². The first-order chi connectivity index (χ1) is 9.73. The lowest BCUT2D eigenvalue weighted by atomic mass is 9.87. The Bertz CT molecular complexity index is 320. The second kappa shape index (κ2) is 8.11. The standard InChI is InChI=1S/C16H33N3O2/c1-16(2,3)12-13(17)11-15(21)19(9-10-20)14-5-7-18(4)8-6-14/h13-14,20H,5-12,17H2,1-4H3. The van der Waals surface area contributed by atoms with Crippen LogP contribution in [0, 0.1) is 5.41 Å². The predicted molar refractivity (Wildman–Crippen MR) is 86.0 cm³/mol. The molecule has 3 N–H and O–H groups in total. The Labute approximate surface area is 129 Å². The summed E-state index contributed by atoms with van der Waals surface area (Å²) in [5.74, 6) is 0.0929. The minimum Gasteiger partial charge on any atom is -0.395 e. The van der Waals surface area contributed by atoms with Crippen molar-refractivity contribution >= 4 is 5.91 Å². The number of carbonyl (C=O) groups is 1. The molecule has 0 aliphatic carbocycles. The number of rotatable bonds is 6. The van der Waals surface area contributed by atoms with Gasteiger partial charge in [0.05, 0.1) is 6.61 Å². The number of hydrogen-bond acceptors (Lipinski definition) is 4. The fourth-order valence-corrected chi connectivity index (χ4v) is 3.13. The summed E-state index contributed by atoms with van der Waals surface area (Å²) >= 11 is 0. The van der Waals surface area contributed by atoms with Crippen molar-refractivity contribution in [2.24, 2.45) is 11.1 Å². The molecule has 5 heteroatoms. The zero-order chi connectivity index (χ0) is 16.0. The Balaban J connectivity index is 2.56. The number of aliphatic hydroxyl groups is 1. The molecule has 1 atom stereocenters. The maximum absolute atomic E-state index is 12.5. The lowest BCUT2D eigenvalue weighted by Crippen LogP contribution is -2.49. The quantitative estimate of drug-likeness (QED) is 0.769. The van der Waals surface area contributed by atoms with Crippen LogP contribution in [-0.4, -0.2) is 66.2 Å². The van der Waals surface area contributed by atoms with Crippen LogP contribution in [0.2, 0.25) is 0 Å². The van der Waals surface area contributed by atoms with Crippen LogP contribution in [0.25, 0.3) is 0 Å². The molecule has 1 aliphatic heterocycles. The van der Waals surface area contributed by atoms with Gasteiger partial charge in [0.25, 0.3) is 0 Å². The number of piperidine rings is 1. The third kappa shape index (κ3) is 6.76. The number of likely N-dealkylation sites (tertiary alicyclic amines) is 1. The van der Waals surface area contributed by atoms with Crippen molar-refractivity contribution < 1.29 is 9.90 Å². The smallest absolute Gasteiger partial charge is 0.224 e. The molecule has 1 saturated heterocycles. The number of amides is 1. The van der Waals surface area contributed by atoms with Gasteiger partial charge in [0.15, 0.2) is 0 Å². The van der Waals surface area contributed by atoms with Gasteiger partial charge in [-0.05, 0) is 44.8 Å². The Morgan fingerprint density at radius 2 is 1.95 bits per heavy atom. The first-order valence-corrected chi connectivity index (χ1v) is 8.07. The monoisotopic (exact) mass is 299 g/mol. The summed E-state index contributed by atoms with van der Waals surface area (Å²) in [4.78, 5) is 16.7. The lowest BCUT2D eigenvalue weighted by Gasteiger charge is -2.37. The molecule has 0 saturated carbocycles. The third-order valence-corrected chi connectivity index (χ3v) is 4.10. The highest BCUT2D eigenvalue weighted by molar-refractivity contribution is 5.77. The van der Waals surface area contributed by atoms with Crippen LogP contribution in [0.4, 0.5) is 0 Å². The van der Waals surface area contributed by atoms with Gasteiger partial charge in [-0.3, -0.25) is 4.79 Å². The summed E-state index contributed by atoms with van der Waals surface area (Å²) in [5.41, 5.74) is 6.26. The molecule has 21 heavy (non-hydrogen) atoms. The lowest BCUT2D eigenvalue weighted by molar-refractivity contribution is -0.135. The van der Waals surface area contributed by atoms with Gasteiger partial charge in [0.2, 0.25) is 5.91 Å². The zero-order valence-corrected chi connectivity index (χ0v) is 14.1. The fraction of sp³-hybridized carbons (Fsp3) is 0.938. The molecule has 0 aromatic rings. The summed E-state index contributed by atoms with van der Waals surface area (Å²) < 4.78 is 0. The number of nitrogens with two attached hydrogens (primary N) is 1. The average Bonchev–Trinajstić information content (AvgIpc) is 2.34. The highest BCUT2D eigenvalue weighted by Crippen LogP contribution is 2.22. The fourth-order valence-electron chi connectivity index (χ4n) is 3.13. The SMILES string of the molecule is CN1CCC(N(CCO)C(=O)CC(N)CC(C)(C)C)CC1. The van der Waals surface area contributed by atoms with E-state index >= 15 is 0 Å². The molecule has 5 nitrogen and oxygen atoms in total.